The van der Waals surface area contributed by atoms with E-state index < -0.39 is 18.6 Å². The number of halogens is 3. The lowest BCUT2D eigenvalue weighted by atomic mass is 9.98. The van der Waals surface area contributed by atoms with Crippen LogP contribution in [0.15, 0.2) is 24.3 Å². The standard InChI is InChI=1S/C11H14F3N/c1-8-4-2-3-5-9(8)10(15)6-7-11(12,13)14/h2-5,10H,6-7,15H2,1H3/t10-/m1/s1. The molecule has 0 heterocycles. The Hall–Kier alpha value is -1.03. The maximum Gasteiger partial charge on any atom is 0.389 e. The third-order valence-electron chi connectivity index (χ3n) is 2.33. The van der Waals surface area contributed by atoms with Gasteiger partial charge in [0.15, 0.2) is 0 Å². The fourth-order valence-corrected chi connectivity index (χ4v) is 1.48. The van der Waals surface area contributed by atoms with Crippen LogP contribution in [0.5, 0.6) is 0 Å². The summed E-state index contributed by atoms with van der Waals surface area (Å²) in [6, 6.07) is 6.72. The van der Waals surface area contributed by atoms with Crippen molar-refractivity contribution >= 4 is 0 Å². The summed E-state index contributed by atoms with van der Waals surface area (Å²) in [6.07, 6.45) is -5.02. The molecule has 1 rings (SSSR count). The van der Waals surface area contributed by atoms with Crippen molar-refractivity contribution in [2.45, 2.75) is 32.0 Å². The summed E-state index contributed by atoms with van der Waals surface area (Å²) in [5.41, 5.74) is 7.43. The van der Waals surface area contributed by atoms with Gasteiger partial charge in [-0.1, -0.05) is 24.3 Å². The Morgan fingerprint density at radius 1 is 1.27 bits per heavy atom. The van der Waals surface area contributed by atoms with Crippen LogP contribution >= 0.6 is 0 Å². The van der Waals surface area contributed by atoms with E-state index >= 15 is 0 Å². The molecule has 0 aliphatic carbocycles. The second-order valence-corrected chi connectivity index (χ2v) is 3.62. The summed E-state index contributed by atoms with van der Waals surface area (Å²) in [4.78, 5) is 0. The fourth-order valence-electron chi connectivity index (χ4n) is 1.48. The SMILES string of the molecule is Cc1ccccc1[C@H](N)CCC(F)(F)F. The number of alkyl halides is 3. The molecule has 1 nitrogen and oxygen atoms in total. The molecule has 1 aromatic rings. The predicted molar refractivity (Wildman–Crippen MR) is 53.4 cm³/mol. The molecule has 4 heteroatoms. The van der Waals surface area contributed by atoms with Gasteiger partial charge in [-0.2, -0.15) is 13.2 Å². The summed E-state index contributed by atoms with van der Waals surface area (Å²) >= 11 is 0. The average molecular weight is 217 g/mol. The lowest BCUT2D eigenvalue weighted by Crippen LogP contribution is -2.16. The molecule has 1 atom stereocenters. The minimum atomic E-state index is -4.12. The van der Waals surface area contributed by atoms with E-state index in [4.69, 9.17) is 5.73 Å². The van der Waals surface area contributed by atoms with E-state index in [0.29, 0.717) is 0 Å². The largest absolute Gasteiger partial charge is 0.389 e. The molecule has 84 valence electrons. The van der Waals surface area contributed by atoms with Gasteiger partial charge in [-0.25, -0.2) is 0 Å². The van der Waals surface area contributed by atoms with Crippen molar-refractivity contribution in [1.82, 2.24) is 0 Å². The molecule has 0 radical (unpaired) electrons. The van der Waals surface area contributed by atoms with Crippen LogP contribution < -0.4 is 5.73 Å². The molecule has 0 saturated heterocycles. The summed E-state index contributed by atoms with van der Waals surface area (Å²) in [7, 11) is 0. The van der Waals surface area contributed by atoms with Gasteiger partial charge in [0.1, 0.15) is 0 Å². The molecule has 15 heavy (non-hydrogen) atoms. The number of aryl methyl sites for hydroxylation is 1. The topological polar surface area (TPSA) is 26.0 Å². The van der Waals surface area contributed by atoms with Crippen molar-refractivity contribution in [3.63, 3.8) is 0 Å². The van der Waals surface area contributed by atoms with E-state index in [1.54, 1.807) is 12.1 Å². The highest BCUT2D eigenvalue weighted by Crippen LogP contribution is 2.27. The first kappa shape index (κ1) is 12.0. The average Bonchev–Trinajstić information content (AvgIpc) is 2.14. The molecule has 0 bridgehead atoms. The predicted octanol–water partition coefficient (Wildman–Crippen LogP) is 3.34. The summed E-state index contributed by atoms with van der Waals surface area (Å²) in [5.74, 6) is 0. The molecule has 0 aliphatic heterocycles. The van der Waals surface area contributed by atoms with E-state index in [1.165, 1.54) is 0 Å². The molecule has 0 spiro atoms. The molecule has 0 fully saturated rings. The van der Waals surface area contributed by atoms with Crippen molar-refractivity contribution in [2.24, 2.45) is 5.73 Å². The van der Waals surface area contributed by atoms with Crippen LogP contribution in [0.2, 0.25) is 0 Å². The minimum Gasteiger partial charge on any atom is -0.324 e. The van der Waals surface area contributed by atoms with E-state index in [2.05, 4.69) is 0 Å². The molecule has 2 N–H and O–H groups in total. The van der Waals surface area contributed by atoms with Crippen LogP contribution in [0, 0.1) is 6.92 Å². The molecule has 0 aliphatic rings. The highest BCUT2D eigenvalue weighted by Gasteiger charge is 2.27. The zero-order valence-corrected chi connectivity index (χ0v) is 8.51. The van der Waals surface area contributed by atoms with E-state index in [-0.39, 0.29) is 6.42 Å². The van der Waals surface area contributed by atoms with Gasteiger partial charge in [-0.3, -0.25) is 0 Å². The van der Waals surface area contributed by atoms with Gasteiger partial charge in [-0.15, -0.1) is 0 Å². The van der Waals surface area contributed by atoms with Crippen LogP contribution in [-0.4, -0.2) is 6.18 Å². The maximum absolute atomic E-state index is 12.0. The van der Waals surface area contributed by atoms with Gasteiger partial charge in [0, 0.05) is 12.5 Å². The summed E-state index contributed by atoms with van der Waals surface area (Å²) in [5, 5.41) is 0. The Bertz CT molecular complexity index is 320. The Morgan fingerprint density at radius 3 is 2.40 bits per heavy atom. The zero-order chi connectivity index (χ0) is 11.5. The summed E-state index contributed by atoms with van der Waals surface area (Å²) < 4.78 is 35.9. The Morgan fingerprint density at radius 2 is 1.87 bits per heavy atom. The Kier molecular flexibility index (Phi) is 3.74. The number of benzene rings is 1. The van der Waals surface area contributed by atoms with Gasteiger partial charge in [0.05, 0.1) is 0 Å². The van der Waals surface area contributed by atoms with Gasteiger partial charge in [-0.05, 0) is 24.5 Å². The monoisotopic (exact) mass is 217 g/mol. The number of hydrogen-bond acceptors (Lipinski definition) is 1. The van der Waals surface area contributed by atoms with E-state index in [1.807, 2.05) is 19.1 Å². The highest BCUT2D eigenvalue weighted by molar-refractivity contribution is 5.28. The third kappa shape index (κ3) is 3.91. The first-order valence-electron chi connectivity index (χ1n) is 4.78. The first-order chi connectivity index (χ1) is 6.90. The molecule has 0 saturated carbocycles. The second kappa shape index (κ2) is 4.66. The van der Waals surface area contributed by atoms with Crippen molar-refractivity contribution in [3.8, 4) is 0 Å². The van der Waals surface area contributed by atoms with Crippen LogP contribution in [0.25, 0.3) is 0 Å². The summed E-state index contributed by atoms with van der Waals surface area (Å²) in [6.45, 7) is 1.85. The van der Waals surface area contributed by atoms with E-state index in [0.717, 1.165) is 11.1 Å². The number of hydrogen-bond donors (Lipinski definition) is 1. The normalized spacial score (nSPS) is 13.9. The van der Waals surface area contributed by atoms with Crippen LogP contribution in [-0.2, 0) is 0 Å². The lowest BCUT2D eigenvalue weighted by Gasteiger charge is -2.15. The van der Waals surface area contributed by atoms with Crippen LogP contribution in [0.4, 0.5) is 13.2 Å². The van der Waals surface area contributed by atoms with Crippen molar-refractivity contribution < 1.29 is 13.2 Å². The molecular formula is C11H14F3N. The molecule has 0 unspecified atom stereocenters. The molecule has 0 aromatic heterocycles. The van der Waals surface area contributed by atoms with Gasteiger partial charge >= 0.3 is 6.18 Å². The Balaban J connectivity index is 2.62. The van der Waals surface area contributed by atoms with E-state index in [9.17, 15) is 13.2 Å². The molecule has 0 amide bonds. The molecular weight excluding hydrogens is 203 g/mol. The van der Waals surface area contributed by atoms with Crippen molar-refractivity contribution in [3.05, 3.63) is 35.4 Å². The quantitative estimate of drug-likeness (QED) is 0.825. The zero-order valence-electron chi connectivity index (χ0n) is 8.51. The molecule has 1 aromatic carbocycles. The fraction of sp³-hybridized carbons (Fsp3) is 0.455. The van der Waals surface area contributed by atoms with Crippen LogP contribution in [0.3, 0.4) is 0 Å². The third-order valence-corrected chi connectivity index (χ3v) is 2.33. The van der Waals surface area contributed by atoms with Crippen molar-refractivity contribution in [1.29, 1.82) is 0 Å². The highest BCUT2D eigenvalue weighted by atomic mass is 19.4. The second-order valence-electron chi connectivity index (χ2n) is 3.62. The lowest BCUT2D eigenvalue weighted by molar-refractivity contribution is -0.136. The first-order valence-corrected chi connectivity index (χ1v) is 4.78. The van der Waals surface area contributed by atoms with Gasteiger partial charge in [0.25, 0.3) is 0 Å². The minimum absolute atomic E-state index is 0.0612. The maximum atomic E-state index is 12.0. The Labute approximate surface area is 87.1 Å². The number of nitrogens with two attached hydrogens (primary N) is 1. The van der Waals surface area contributed by atoms with Gasteiger partial charge < -0.3 is 5.73 Å². The smallest absolute Gasteiger partial charge is 0.324 e. The van der Waals surface area contributed by atoms with Gasteiger partial charge in [0.2, 0.25) is 0 Å². The number of rotatable bonds is 3. The van der Waals surface area contributed by atoms with Crippen LogP contribution in [0.1, 0.15) is 30.0 Å². The van der Waals surface area contributed by atoms with Crippen molar-refractivity contribution in [2.75, 3.05) is 0 Å².